The van der Waals surface area contributed by atoms with E-state index < -0.39 is 28.5 Å². The van der Waals surface area contributed by atoms with Gasteiger partial charge in [0, 0.05) is 13.1 Å². The first-order valence-electron chi connectivity index (χ1n) is 13.2. The second kappa shape index (κ2) is 14.4. The number of hydrogen-bond acceptors (Lipinski definition) is 6. The molecule has 0 fully saturated rings. The van der Waals surface area contributed by atoms with E-state index >= 15 is 0 Å². The minimum atomic E-state index is -4.23. The summed E-state index contributed by atoms with van der Waals surface area (Å²) in [6.07, 6.45) is 1.10. The summed E-state index contributed by atoms with van der Waals surface area (Å²) in [4.78, 5) is 28.6. The highest BCUT2D eigenvalue weighted by molar-refractivity contribution is 7.92. The van der Waals surface area contributed by atoms with Gasteiger partial charge in [0.05, 0.1) is 24.8 Å². The predicted octanol–water partition coefficient (Wildman–Crippen LogP) is 4.23. The van der Waals surface area contributed by atoms with Crippen LogP contribution >= 0.6 is 0 Å². The van der Waals surface area contributed by atoms with Crippen LogP contribution in [0.5, 0.6) is 11.5 Å². The molecule has 0 aliphatic rings. The zero-order chi connectivity index (χ0) is 29.1. The Morgan fingerprint density at radius 1 is 0.875 bits per heavy atom. The molecule has 0 heterocycles. The average molecular weight is 568 g/mol. The number of nitrogens with one attached hydrogen (secondary N) is 1. The van der Waals surface area contributed by atoms with E-state index in [1.165, 1.54) is 31.3 Å². The second-order valence-corrected chi connectivity index (χ2v) is 10.9. The smallest absolute Gasteiger partial charge is 0.264 e. The monoisotopic (exact) mass is 567 g/mol. The van der Waals surface area contributed by atoms with E-state index in [0.29, 0.717) is 18.7 Å². The van der Waals surface area contributed by atoms with Crippen LogP contribution in [0.25, 0.3) is 0 Å². The van der Waals surface area contributed by atoms with E-state index in [1.807, 2.05) is 44.2 Å². The molecule has 214 valence electrons. The van der Waals surface area contributed by atoms with Gasteiger partial charge in [-0.3, -0.25) is 13.9 Å². The van der Waals surface area contributed by atoms with Crippen LogP contribution in [0, 0.1) is 0 Å². The number of sulfonamides is 1. The van der Waals surface area contributed by atoms with Crippen molar-refractivity contribution in [2.75, 3.05) is 31.6 Å². The SMILES string of the molecule is CCCNC(=O)[C@@H](CC)N(Cc1ccccc1)C(=O)CN(c1ccccc1OC)S(=O)(=O)c1ccc(OC)cc1. The normalized spacial score (nSPS) is 11.8. The number of nitrogens with zero attached hydrogens (tertiary/aromatic N) is 2. The summed E-state index contributed by atoms with van der Waals surface area (Å²) in [5.41, 5.74) is 1.02. The van der Waals surface area contributed by atoms with Gasteiger partial charge in [-0.2, -0.15) is 0 Å². The molecule has 2 amide bonds. The van der Waals surface area contributed by atoms with Crippen LogP contribution in [0.3, 0.4) is 0 Å². The highest BCUT2D eigenvalue weighted by atomic mass is 32.2. The van der Waals surface area contributed by atoms with Gasteiger partial charge in [0.25, 0.3) is 10.0 Å². The molecule has 0 radical (unpaired) electrons. The number of hydrogen-bond donors (Lipinski definition) is 1. The molecular weight excluding hydrogens is 530 g/mol. The van der Waals surface area contributed by atoms with Crippen LogP contribution in [0.4, 0.5) is 5.69 Å². The van der Waals surface area contributed by atoms with Crippen molar-refractivity contribution in [3.8, 4) is 11.5 Å². The van der Waals surface area contributed by atoms with Gasteiger partial charge in [0.15, 0.2) is 0 Å². The molecule has 0 saturated heterocycles. The first-order valence-corrected chi connectivity index (χ1v) is 14.6. The van der Waals surface area contributed by atoms with Crippen molar-refractivity contribution in [2.24, 2.45) is 0 Å². The van der Waals surface area contributed by atoms with Gasteiger partial charge in [0.1, 0.15) is 24.1 Å². The quantitative estimate of drug-likeness (QED) is 0.313. The van der Waals surface area contributed by atoms with Crippen molar-refractivity contribution < 1.29 is 27.5 Å². The number of benzene rings is 3. The molecule has 40 heavy (non-hydrogen) atoms. The third-order valence-corrected chi connectivity index (χ3v) is 8.19. The van der Waals surface area contributed by atoms with Crippen LogP contribution in [-0.2, 0) is 26.2 Å². The predicted molar refractivity (Wildman–Crippen MR) is 155 cm³/mol. The summed E-state index contributed by atoms with van der Waals surface area (Å²) in [5, 5.41) is 2.88. The molecule has 0 aliphatic carbocycles. The number of anilines is 1. The van der Waals surface area contributed by atoms with Gasteiger partial charge in [-0.25, -0.2) is 8.42 Å². The zero-order valence-corrected chi connectivity index (χ0v) is 24.2. The standard InChI is InChI=1S/C30H37N3O6S/c1-5-20-31-30(35)26(6-2)32(21-23-12-8-7-9-13-23)29(34)22-33(27-14-10-11-15-28(27)39-4)40(36,37)25-18-16-24(38-3)17-19-25/h7-19,26H,5-6,20-22H2,1-4H3,(H,31,35)/t26-/m1/s1. The van der Waals surface area contributed by atoms with Crippen LogP contribution in [-0.4, -0.2) is 58.5 Å². The number of amides is 2. The highest BCUT2D eigenvalue weighted by Gasteiger charge is 2.34. The summed E-state index contributed by atoms with van der Waals surface area (Å²) in [6.45, 7) is 3.85. The van der Waals surface area contributed by atoms with Crippen LogP contribution in [0.2, 0.25) is 0 Å². The maximum atomic E-state index is 14.1. The van der Waals surface area contributed by atoms with E-state index in [4.69, 9.17) is 9.47 Å². The fourth-order valence-corrected chi connectivity index (χ4v) is 5.71. The third-order valence-electron chi connectivity index (χ3n) is 6.41. The third kappa shape index (κ3) is 7.32. The Kier molecular flexibility index (Phi) is 11.0. The fraction of sp³-hybridized carbons (Fsp3) is 0.333. The summed E-state index contributed by atoms with van der Waals surface area (Å²) >= 11 is 0. The van der Waals surface area contributed by atoms with Gasteiger partial charge in [0.2, 0.25) is 11.8 Å². The Hall–Kier alpha value is -4.05. The molecule has 0 aromatic heterocycles. The number of ether oxygens (including phenoxy) is 2. The summed E-state index contributed by atoms with van der Waals surface area (Å²) in [6, 6.07) is 21.1. The van der Waals surface area contributed by atoms with Crippen LogP contribution in [0.1, 0.15) is 32.3 Å². The largest absolute Gasteiger partial charge is 0.497 e. The van der Waals surface area contributed by atoms with Crippen molar-refractivity contribution in [3.63, 3.8) is 0 Å². The van der Waals surface area contributed by atoms with Gasteiger partial charge in [-0.05, 0) is 54.8 Å². The minimum Gasteiger partial charge on any atom is -0.497 e. The Bertz CT molecular complexity index is 1360. The molecule has 9 nitrogen and oxygen atoms in total. The van der Waals surface area contributed by atoms with Crippen molar-refractivity contribution in [1.29, 1.82) is 0 Å². The first kappa shape index (κ1) is 30.5. The lowest BCUT2D eigenvalue weighted by molar-refractivity contribution is -0.140. The molecule has 10 heteroatoms. The topological polar surface area (TPSA) is 105 Å². The summed E-state index contributed by atoms with van der Waals surface area (Å²) < 4.78 is 39.7. The van der Waals surface area contributed by atoms with E-state index in [-0.39, 0.29) is 28.8 Å². The van der Waals surface area contributed by atoms with E-state index in [9.17, 15) is 18.0 Å². The molecule has 0 bridgehead atoms. The number of methoxy groups -OCH3 is 2. The molecular formula is C30H37N3O6S. The number of rotatable bonds is 14. The fourth-order valence-electron chi connectivity index (χ4n) is 4.29. The van der Waals surface area contributed by atoms with E-state index in [1.54, 1.807) is 36.4 Å². The van der Waals surface area contributed by atoms with Gasteiger partial charge >= 0.3 is 0 Å². The number of carbonyl (C=O) groups excluding carboxylic acids is 2. The minimum absolute atomic E-state index is 0.0191. The number of carbonyl (C=O) groups is 2. The van der Waals surface area contributed by atoms with Crippen LogP contribution < -0.4 is 19.1 Å². The van der Waals surface area contributed by atoms with Gasteiger partial charge < -0.3 is 19.7 Å². The van der Waals surface area contributed by atoms with Crippen molar-refractivity contribution in [2.45, 2.75) is 44.2 Å². The summed E-state index contributed by atoms with van der Waals surface area (Å²) in [5.74, 6) is -0.0210. The molecule has 0 spiro atoms. The Morgan fingerprint density at radius 3 is 2.12 bits per heavy atom. The van der Waals surface area contributed by atoms with Crippen LogP contribution in [0.15, 0.2) is 83.8 Å². The molecule has 3 rings (SSSR count). The highest BCUT2D eigenvalue weighted by Crippen LogP contribution is 2.33. The maximum Gasteiger partial charge on any atom is 0.264 e. The van der Waals surface area contributed by atoms with Crippen molar-refractivity contribution in [1.82, 2.24) is 10.2 Å². The Labute approximate surface area is 236 Å². The lowest BCUT2D eigenvalue weighted by atomic mass is 10.1. The Balaban J connectivity index is 2.07. The second-order valence-electron chi connectivity index (χ2n) is 9.08. The van der Waals surface area contributed by atoms with Gasteiger partial charge in [-0.1, -0.05) is 56.3 Å². The zero-order valence-electron chi connectivity index (χ0n) is 23.4. The molecule has 1 atom stereocenters. The van der Waals surface area contributed by atoms with E-state index in [0.717, 1.165) is 16.3 Å². The number of para-hydroxylation sites is 2. The van der Waals surface area contributed by atoms with Crippen molar-refractivity contribution in [3.05, 3.63) is 84.4 Å². The molecule has 0 unspecified atom stereocenters. The molecule has 0 aliphatic heterocycles. The lowest BCUT2D eigenvalue weighted by Crippen LogP contribution is -2.52. The summed E-state index contributed by atoms with van der Waals surface area (Å²) in [7, 11) is -1.30. The van der Waals surface area contributed by atoms with E-state index in [2.05, 4.69) is 5.32 Å². The maximum absolute atomic E-state index is 14.1. The molecule has 1 N–H and O–H groups in total. The Morgan fingerprint density at radius 2 is 1.52 bits per heavy atom. The molecule has 0 saturated carbocycles. The molecule has 3 aromatic carbocycles. The van der Waals surface area contributed by atoms with Gasteiger partial charge in [-0.15, -0.1) is 0 Å². The molecule has 3 aromatic rings. The first-order chi connectivity index (χ1) is 19.3. The average Bonchev–Trinajstić information content (AvgIpc) is 2.99. The van der Waals surface area contributed by atoms with Crippen molar-refractivity contribution >= 4 is 27.5 Å². The lowest BCUT2D eigenvalue weighted by Gasteiger charge is -2.33.